The molecule has 2 rings (SSSR count). The van der Waals surface area contributed by atoms with E-state index >= 15 is 0 Å². The Morgan fingerprint density at radius 1 is 1.20 bits per heavy atom. The van der Waals surface area contributed by atoms with E-state index in [-0.39, 0.29) is 5.41 Å². The van der Waals surface area contributed by atoms with Crippen LogP contribution >= 0.6 is 0 Å². The van der Waals surface area contributed by atoms with Gasteiger partial charge in [-0.2, -0.15) is 0 Å². The van der Waals surface area contributed by atoms with E-state index in [1.807, 2.05) is 6.07 Å². The van der Waals surface area contributed by atoms with Gasteiger partial charge in [0.15, 0.2) is 0 Å². The quantitative estimate of drug-likeness (QED) is 0.741. The van der Waals surface area contributed by atoms with E-state index in [9.17, 15) is 0 Å². The molecular formula is C17H27NO2. The van der Waals surface area contributed by atoms with Crippen LogP contribution in [0.1, 0.15) is 31.7 Å². The molecule has 112 valence electrons. The molecule has 1 N–H and O–H groups in total. The zero-order valence-electron chi connectivity index (χ0n) is 12.6. The molecule has 0 bridgehead atoms. The molecule has 1 fully saturated rings. The van der Waals surface area contributed by atoms with Crippen LogP contribution in [0.4, 0.5) is 0 Å². The lowest BCUT2D eigenvalue weighted by Gasteiger charge is -2.37. The second-order valence-corrected chi connectivity index (χ2v) is 5.77. The topological polar surface area (TPSA) is 30.5 Å². The average Bonchev–Trinajstić information content (AvgIpc) is 2.50. The molecule has 0 saturated carbocycles. The molecule has 1 aromatic carbocycles. The van der Waals surface area contributed by atoms with E-state index in [2.05, 4.69) is 36.5 Å². The van der Waals surface area contributed by atoms with E-state index in [0.717, 1.165) is 45.8 Å². The smallest absolute Gasteiger partial charge is 0.0717 e. The largest absolute Gasteiger partial charge is 0.381 e. The average molecular weight is 277 g/mol. The van der Waals surface area contributed by atoms with Crippen LogP contribution in [0.15, 0.2) is 30.3 Å². The van der Waals surface area contributed by atoms with Gasteiger partial charge in [-0.25, -0.2) is 0 Å². The van der Waals surface area contributed by atoms with Crippen molar-refractivity contribution in [2.24, 2.45) is 5.41 Å². The standard InChI is InChI=1S/C17H27NO2/c1-2-10-18-14-17(8-11-19-12-9-17)15-20-13-16-6-4-3-5-7-16/h3-7,18H,2,8-15H2,1H3. The van der Waals surface area contributed by atoms with Crippen LogP contribution in [-0.4, -0.2) is 32.9 Å². The van der Waals surface area contributed by atoms with Gasteiger partial charge >= 0.3 is 0 Å². The number of nitrogens with one attached hydrogen (secondary N) is 1. The summed E-state index contributed by atoms with van der Waals surface area (Å²) >= 11 is 0. The first-order chi connectivity index (χ1) is 9.85. The molecule has 0 spiro atoms. The lowest BCUT2D eigenvalue weighted by atomic mass is 9.81. The molecule has 3 heteroatoms. The van der Waals surface area contributed by atoms with Crippen LogP contribution in [0.2, 0.25) is 0 Å². The van der Waals surface area contributed by atoms with Crippen LogP contribution in [0.5, 0.6) is 0 Å². The SMILES string of the molecule is CCCNCC1(COCc2ccccc2)CCOCC1. The van der Waals surface area contributed by atoms with Gasteiger partial charge in [0.25, 0.3) is 0 Å². The van der Waals surface area contributed by atoms with Gasteiger partial charge in [0.05, 0.1) is 13.2 Å². The van der Waals surface area contributed by atoms with Crippen molar-refractivity contribution in [2.75, 3.05) is 32.9 Å². The summed E-state index contributed by atoms with van der Waals surface area (Å²) in [6.07, 6.45) is 3.37. The first-order valence-corrected chi connectivity index (χ1v) is 7.75. The van der Waals surface area contributed by atoms with Crippen LogP contribution in [0.3, 0.4) is 0 Å². The summed E-state index contributed by atoms with van der Waals surface area (Å²) in [5, 5.41) is 3.56. The zero-order chi connectivity index (χ0) is 14.1. The molecule has 0 unspecified atom stereocenters. The van der Waals surface area contributed by atoms with Crippen molar-refractivity contribution in [3.63, 3.8) is 0 Å². The van der Waals surface area contributed by atoms with Gasteiger partial charge < -0.3 is 14.8 Å². The molecule has 1 aliphatic rings. The molecule has 0 aromatic heterocycles. The van der Waals surface area contributed by atoms with Gasteiger partial charge in [0, 0.05) is 25.2 Å². The van der Waals surface area contributed by atoms with Gasteiger partial charge in [0.2, 0.25) is 0 Å². The van der Waals surface area contributed by atoms with Crippen molar-refractivity contribution >= 4 is 0 Å². The van der Waals surface area contributed by atoms with Gasteiger partial charge in [-0.1, -0.05) is 37.3 Å². The highest BCUT2D eigenvalue weighted by Crippen LogP contribution is 2.30. The molecule has 0 amide bonds. The zero-order valence-corrected chi connectivity index (χ0v) is 12.6. The van der Waals surface area contributed by atoms with Crippen LogP contribution in [0, 0.1) is 5.41 Å². The van der Waals surface area contributed by atoms with E-state index in [4.69, 9.17) is 9.47 Å². The summed E-state index contributed by atoms with van der Waals surface area (Å²) in [6.45, 7) is 7.58. The van der Waals surface area contributed by atoms with Crippen molar-refractivity contribution in [3.05, 3.63) is 35.9 Å². The molecule has 3 nitrogen and oxygen atoms in total. The maximum absolute atomic E-state index is 6.00. The number of hydrogen-bond acceptors (Lipinski definition) is 3. The van der Waals surface area contributed by atoms with E-state index in [0.29, 0.717) is 6.61 Å². The molecule has 0 radical (unpaired) electrons. The highest BCUT2D eigenvalue weighted by Gasteiger charge is 2.32. The maximum atomic E-state index is 6.00. The van der Waals surface area contributed by atoms with Crippen LogP contribution in [-0.2, 0) is 16.1 Å². The molecular weight excluding hydrogens is 250 g/mol. The second-order valence-electron chi connectivity index (χ2n) is 5.77. The predicted octanol–water partition coefficient (Wildman–Crippen LogP) is 3.00. The third-order valence-electron chi connectivity index (χ3n) is 4.00. The molecule has 20 heavy (non-hydrogen) atoms. The Morgan fingerprint density at radius 3 is 2.65 bits per heavy atom. The van der Waals surface area contributed by atoms with Gasteiger partial charge in [-0.05, 0) is 31.4 Å². The van der Waals surface area contributed by atoms with E-state index < -0.39 is 0 Å². The molecule has 0 atom stereocenters. The summed E-state index contributed by atoms with van der Waals surface area (Å²) < 4.78 is 11.5. The predicted molar refractivity (Wildman–Crippen MR) is 81.7 cm³/mol. The third kappa shape index (κ3) is 4.89. The maximum Gasteiger partial charge on any atom is 0.0717 e. The number of hydrogen-bond donors (Lipinski definition) is 1. The highest BCUT2D eigenvalue weighted by molar-refractivity contribution is 5.13. The van der Waals surface area contributed by atoms with Crippen molar-refractivity contribution in [1.29, 1.82) is 0 Å². The lowest BCUT2D eigenvalue weighted by molar-refractivity contribution is -0.0429. The van der Waals surface area contributed by atoms with Crippen molar-refractivity contribution in [2.45, 2.75) is 32.8 Å². The Bertz CT molecular complexity index is 361. The normalized spacial score (nSPS) is 18.1. The van der Waals surface area contributed by atoms with Crippen molar-refractivity contribution in [3.8, 4) is 0 Å². The molecule has 0 aliphatic carbocycles. The summed E-state index contributed by atoms with van der Waals surface area (Å²) in [4.78, 5) is 0. The van der Waals surface area contributed by atoms with Gasteiger partial charge in [-0.15, -0.1) is 0 Å². The molecule has 1 heterocycles. The van der Waals surface area contributed by atoms with Crippen molar-refractivity contribution in [1.82, 2.24) is 5.32 Å². The Morgan fingerprint density at radius 2 is 1.95 bits per heavy atom. The molecule has 1 aliphatic heterocycles. The third-order valence-corrected chi connectivity index (χ3v) is 4.00. The first-order valence-electron chi connectivity index (χ1n) is 7.75. The summed E-state index contributed by atoms with van der Waals surface area (Å²) in [7, 11) is 0. The van der Waals surface area contributed by atoms with E-state index in [1.165, 1.54) is 12.0 Å². The first kappa shape index (κ1) is 15.5. The fourth-order valence-corrected chi connectivity index (χ4v) is 2.67. The second kappa shape index (κ2) is 8.40. The van der Waals surface area contributed by atoms with Crippen molar-refractivity contribution < 1.29 is 9.47 Å². The van der Waals surface area contributed by atoms with E-state index in [1.54, 1.807) is 0 Å². The number of rotatable bonds is 8. The van der Waals surface area contributed by atoms with Crippen LogP contribution in [0.25, 0.3) is 0 Å². The fourth-order valence-electron chi connectivity index (χ4n) is 2.67. The minimum atomic E-state index is 0.252. The Kier molecular flexibility index (Phi) is 6.51. The minimum absolute atomic E-state index is 0.252. The number of ether oxygens (including phenoxy) is 2. The number of benzene rings is 1. The summed E-state index contributed by atoms with van der Waals surface area (Å²) in [6, 6.07) is 10.4. The molecule has 1 saturated heterocycles. The molecule has 1 aromatic rings. The monoisotopic (exact) mass is 277 g/mol. The van der Waals surface area contributed by atoms with Gasteiger partial charge in [0.1, 0.15) is 0 Å². The van der Waals surface area contributed by atoms with Gasteiger partial charge in [-0.3, -0.25) is 0 Å². The summed E-state index contributed by atoms with van der Waals surface area (Å²) in [5.41, 5.74) is 1.50. The Balaban J connectivity index is 1.80. The van der Waals surface area contributed by atoms with Crippen LogP contribution < -0.4 is 5.32 Å². The minimum Gasteiger partial charge on any atom is -0.381 e. The Hall–Kier alpha value is -0.900. The highest BCUT2D eigenvalue weighted by atomic mass is 16.5. The summed E-state index contributed by atoms with van der Waals surface area (Å²) in [5.74, 6) is 0. The fraction of sp³-hybridized carbons (Fsp3) is 0.647. The Labute approximate surface area is 122 Å². The lowest BCUT2D eigenvalue weighted by Crippen LogP contribution is -2.42.